The number of benzene rings is 1. The second-order valence-corrected chi connectivity index (χ2v) is 6.73. The van der Waals surface area contributed by atoms with E-state index in [1.165, 1.54) is 10.9 Å². The van der Waals surface area contributed by atoms with Crippen molar-refractivity contribution in [2.24, 2.45) is 5.73 Å². The topological polar surface area (TPSA) is 104 Å². The van der Waals surface area contributed by atoms with Gasteiger partial charge in [-0.3, -0.25) is 19.0 Å². The first kappa shape index (κ1) is 17.8. The van der Waals surface area contributed by atoms with E-state index >= 15 is 0 Å². The van der Waals surface area contributed by atoms with Gasteiger partial charge in [0.25, 0.3) is 11.5 Å². The maximum Gasteiger partial charge on any atom is 0.326 e. The van der Waals surface area contributed by atoms with E-state index < -0.39 is 17.4 Å². The Hall–Kier alpha value is -3.00. The molecule has 0 saturated carbocycles. The van der Waals surface area contributed by atoms with E-state index in [-0.39, 0.29) is 13.2 Å². The Kier molecular flexibility index (Phi) is 5.13. The summed E-state index contributed by atoms with van der Waals surface area (Å²) in [7, 11) is 0. The molecule has 26 heavy (non-hydrogen) atoms. The van der Waals surface area contributed by atoms with Gasteiger partial charge in [0.05, 0.1) is 23.2 Å². The van der Waals surface area contributed by atoms with Crippen LogP contribution in [0.5, 0.6) is 0 Å². The van der Waals surface area contributed by atoms with Crippen LogP contribution in [-0.2, 0) is 22.5 Å². The van der Waals surface area contributed by atoms with Gasteiger partial charge in [-0.05, 0) is 18.1 Å². The van der Waals surface area contributed by atoms with Crippen LogP contribution in [0.2, 0.25) is 0 Å². The Morgan fingerprint density at radius 3 is 2.69 bits per heavy atom. The number of nitrogens with two attached hydrogens (primary N) is 1. The zero-order valence-corrected chi connectivity index (χ0v) is 14.9. The molecular formula is C18H17N3O4S. The molecule has 3 aromatic rings. The number of carbonyl (C=O) groups excluding carboxylic acids is 2. The molecule has 0 spiro atoms. The minimum Gasteiger partial charge on any atom is -0.464 e. The molecule has 8 heteroatoms. The van der Waals surface area contributed by atoms with Crippen LogP contribution < -0.4 is 11.3 Å². The van der Waals surface area contributed by atoms with Gasteiger partial charge < -0.3 is 10.5 Å². The monoisotopic (exact) mass is 371 g/mol. The highest BCUT2D eigenvalue weighted by atomic mass is 32.1. The summed E-state index contributed by atoms with van der Waals surface area (Å²) in [6, 6.07) is 9.65. The van der Waals surface area contributed by atoms with Gasteiger partial charge in [-0.2, -0.15) is 0 Å². The molecule has 1 aromatic carbocycles. The van der Waals surface area contributed by atoms with Gasteiger partial charge in [-0.1, -0.05) is 30.3 Å². The lowest BCUT2D eigenvalue weighted by Gasteiger charge is -2.07. The Morgan fingerprint density at radius 2 is 2.00 bits per heavy atom. The summed E-state index contributed by atoms with van der Waals surface area (Å²) in [5.74, 6) is -1.12. The maximum atomic E-state index is 12.6. The zero-order chi connectivity index (χ0) is 18.7. The molecule has 0 bridgehead atoms. The van der Waals surface area contributed by atoms with Crippen LogP contribution in [0.3, 0.4) is 0 Å². The van der Waals surface area contributed by atoms with E-state index in [1.807, 2.05) is 30.3 Å². The van der Waals surface area contributed by atoms with Crippen molar-refractivity contribution in [1.82, 2.24) is 9.55 Å². The van der Waals surface area contributed by atoms with E-state index in [1.54, 1.807) is 6.92 Å². The number of hydrogen-bond donors (Lipinski definition) is 1. The molecule has 0 radical (unpaired) electrons. The predicted octanol–water partition coefficient (Wildman–Crippen LogP) is 1.65. The fourth-order valence-electron chi connectivity index (χ4n) is 2.62. The van der Waals surface area contributed by atoms with Crippen LogP contribution >= 0.6 is 11.3 Å². The summed E-state index contributed by atoms with van der Waals surface area (Å²) >= 11 is 1.07. The van der Waals surface area contributed by atoms with Crippen molar-refractivity contribution >= 4 is 33.4 Å². The first-order valence-corrected chi connectivity index (χ1v) is 8.77. The molecule has 0 aliphatic rings. The molecule has 0 atom stereocenters. The molecule has 0 fully saturated rings. The Morgan fingerprint density at radius 1 is 1.27 bits per heavy atom. The SMILES string of the molecule is Cc1c(C(N)=O)sc2ncn(CC(=O)OCCc3ccccc3)c(=O)c12. The summed E-state index contributed by atoms with van der Waals surface area (Å²) in [6.45, 7) is 1.64. The minimum atomic E-state index is -0.600. The van der Waals surface area contributed by atoms with Crippen molar-refractivity contribution in [1.29, 1.82) is 0 Å². The van der Waals surface area contributed by atoms with Crippen molar-refractivity contribution in [3.8, 4) is 0 Å². The lowest BCUT2D eigenvalue weighted by atomic mass is 10.2. The first-order chi connectivity index (χ1) is 12.5. The molecule has 2 aromatic heterocycles. The predicted molar refractivity (Wildman–Crippen MR) is 98.2 cm³/mol. The number of primary amides is 1. The maximum absolute atomic E-state index is 12.6. The molecule has 1 amide bonds. The molecule has 134 valence electrons. The van der Waals surface area contributed by atoms with Gasteiger partial charge in [0, 0.05) is 6.42 Å². The molecular weight excluding hydrogens is 354 g/mol. The van der Waals surface area contributed by atoms with Gasteiger partial charge >= 0.3 is 5.97 Å². The Labute approximate surface area is 153 Å². The quantitative estimate of drug-likeness (QED) is 0.664. The minimum absolute atomic E-state index is 0.233. The second-order valence-electron chi connectivity index (χ2n) is 5.73. The fraction of sp³-hybridized carbons (Fsp3) is 0.222. The van der Waals surface area contributed by atoms with Crippen molar-refractivity contribution in [3.63, 3.8) is 0 Å². The number of carbonyl (C=O) groups is 2. The van der Waals surface area contributed by atoms with E-state index in [0.717, 1.165) is 16.9 Å². The average molecular weight is 371 g/mol. The summed E-state index contributed by atoms with van der Waals surface area (Å²) in [6.07, 6.45) is 1.88. The lowest BCUT2D eigenvalue weighted by Crippen LogP contribution is -2.26. The highest BCUT2D eigenvalue weighted by molar-refractivity contribution is 7.20. The number of rotatable bonds is 6. The number of aryl methyl sites for hydroxylation is 1. The van der Waals surface area contributed by atoms with Crippen LogP contribution in [0, 0.1) is 6.92 Å². The van der Waals surface area contributed by atoms with E-state index in [2.05, 4.69) is 4.98 Å². The van der Waals surface area contributed by atoms with Crippen molar-refractivity contribution in [2.45, 2.75) is 19.9 Å². The van der Waals surface area contributed by atoms with Gasteiger partial charge in [0.1, 0.15) is 11.4 Å². The molecule has 2 heterocycles. The van der Waals surface area contributed by atoms with Crippen LogP contribution in [-0.4, -0.2) is 28.0 Å². The summed E-state index contributed by atoms with van der Waals surface area (Å²) in [5.41, 5.74) is 6.47. The number of amides is 1. The number of hydrogen-bond acceptors (Lipinski definition) is 6. The summed E-state index contributed by atoms with van der Waals surface area (Å²) < 4.78 is 6.37. The molecule has 7 nitrogen and oxygen atoms in total. The smallest absolute Gasteiger partial charge is 0.326 e. The first-order valence-electron chi connectivity index (χ1n) is 7.95. The van der Waals surface area contributed by atoms with E-state index in [4.69, 9.17) is 10.5 Å². The van der Waals surface area contributed by atoms with Gasteiger partial charge in [-0.15, -0.1) is 11.3 Å². The third-order valence-electron chi connectivity index (χ3n) is 3.94. The average Bonchev–Trinajstić information content (AvgIpc) is 2.96. The van der Waals surface area contributed by atoms with Gasteiger partial charge in [0.2, 0.25) is 0 Å². The highest BCUT2D eigenvalue weighted by Gasteiger charge is 2.18. The Balaban J connectivity index is 1.71. The standard InChI is InChI=1S/C18H17N3O4S/c1-11-14-17(26-15(11)16(19)23)20-10-21(18(14)24)9-13(22)25-8-7-12-5-3-2-4-6-12/h2-6,10H,7-9H2,1H3,(H2,19,23). The van der Waals surface area contributed by atoms with Crippen LogP contribution in [0.4, 0.5) is 0 Å². The Bertz CT molecular complexity index is 1020. The third-order valence-corrected chi connectivity index (χ3v) is 5.15. The van der Waals surface area contributed by atoms with E-state index in [0.29, 0.717) is 27.1 Å². The molecule has 0 saturated heterocycles. The van der Waals surface area contributed by atoms with Crippen LogP contribution in [0.25, 0.3) is 10.2 Å². The van der Waals surface area contributed by atoms with Crippen LogP contribution in [0.1, 0.15) is 20.8 Å². The van der Waals surface area contributed by atoms with E-state index in [9.17, 15) is 14.4 Å². The summed E-state index contributed by atoms with van der Waals surface area (Å²) in [4.78, 5) is 40.9. The molecule has 3 rings (SSSR count). The zero-order valence-electron chi connectivity index (χ0n) is 14.1. The van der Waals surface area contributed by atoms with Gasteiger partial charge in [-0.25, -0.2) is 4.98 Å². The van der Waals surface area contributed by atoms with Crippen molar-refractivity contribution in [3.05, 3.63) is 63.0 Å². The second kappa shape index (κ2) is 7.49. The lowest BCUT2D eigenvalue weighted by molar-refractivity contribution is -0.144. The van der Waals surface area contributed by atoms with Crippen molar-refractivity contribution in [2.75, 3.05) is 6.61 Å². The van der Waals surface area contributed by atoms with Crippen LogP contribution in [0.15, 0.2) is 41.5 Å². The largest absolute Gasteiger partial charge is 0.464 e. The molecule has 2 N–H and O–H groups in total. The number of fused-ring (bicyclic) bond motifs is 1. The molecule has 0 unspecified atom stereocenters. The number of esters is 1. The molecule has 0 aliphatic carbocycles. The fourth-order valence-corrected chi connectivity index (χ4v) is 3.61. The normalized spacial score (nSPS) is 10.8. The molecule has 0 aliphatic heterocycles. The highest BCUT2D eigenvalue weighted by Crippen LogP contribution is 2.26. The van der Waals surface area contributed by atoms with Crippen molar-refractivity contribution < 1.29 is 14.3 Å². The third kappa shape index (κ3) is 3.65. The summed E-state index contributed by atoms with van der Waals surface area (Å²) in [5, 5.41) is 0.309. The number of thiophene rings is 1. The number of aromatic nitrogens is 2. The number of ether oxygens (including phenoxy) is 1. The number of nitrogens with zero attached hydrogens (tertiary/aromatic N) is 2. The van der Waals surface area contributed by atoms with Gasteiger partial charge in [0.15, 0.2) is 0 Å².